The fourth-order valence-corrected chi connectivity index (χ4v) is 1.19. The molecule has 0 saturated heterocycles. The fourth-order valence-electron chi connectivity index (χ4n) is 1.19. The number of ether oxygens (including phenoxy) is 1. The highest BCUT2D eigenvalue weighted by Crippen LogP contribution is 2.13. The van der Waals surface area contributed by atoms with Crippen molar-refractivity contribution in [1.82, 2.24) is 9.55 Å². The van der Waals surface area contributed by atoms with Gasteiger partial charge in [-0.3, -0.25) is 0 Å². The lowest BCUT2D eigenvalue weighted by molar-refractivity contribution is -0.144. The lowest BCUT2D eigenvalue weighted by Crippen LogP contribution is -2.18. The molecule has 4 nitrogen and oxygen atoms in total. The highest BCUT2D eigenvalue weighted by atomic mass is 16.5. The van der Waals surface area contributed by atoms with Crippen LogP contribution in [0.15, 0.2) is 6.33 Å². The summed E-state index contributed by atoms with van der Waals surface area (Å²) in [6, 6.07) is -0.300. The van der Waals surface area contributed by atoms with Crippen molar-refractivity contribution < 1.29 is 9.53 Å². The molecule has 1 heterocycles. The first kappa shape index (κ1) is 9.77. The molecule has 0 unspecified atom stereocenters. The van der Waals surface area contributed by atoms with Crippen LogP contribution in [-0.4, -0.2) is 22.6 Å². The lowest BCUT2D eigenvalue weighted by Gasteiger charge is -2.12. The van der Waals surface area contributed by atoms with Gasteiger partial charge in [-0.05, 0) is 20.8 Å². The van der Waals surface area contributed by atoms with Gasteiger partial charge in [-0.25, -0.2) is 9.78 Å². The van der Waals surface area contributed by atoms with Gasteiger partial charge in [0.15, 0.2) is 0 Å². The molecule has 0 fully saturated rings. The summed E-state index contributed by atoms with van der Waals surface area (Å²) in [5.74, 6) is -0.250. The van der Waals surface area contributed by atoms with Crippen molar-refractivity contribution in [3.05, 3.63) is 17.7 Å². The number of carbonyl (C=O) groups is 1. The zero-order valence-corrected chi connectivity index (χ0v) is 8.37. The van der Waals surface area contributed by atoms with E-state index in [1.807, 2.05) is 13.8 Å². The maximum atomic E-state index is 11.2. The molecule has 0 aliphatic rings. The Balaban J connectivity index is 2.95. The number of methoxy groups -OCH3 is 1. The number of hydrogen-bond acceptors (Lipinski definition) is 3. The molecule has 0 aliphatic carbocycles. The Morgan fingerprint density at radius 3 is 2.62 bits per heavy atom. The van der Waals surface area contributed by atoms with E-state index >= 15 is 0 Å². The molecule has 0 N–H and O–H groups in total. The monoisotopic (exact) mass is 182 g/mol. The van der Waals surface area contributed by atoms with Gasteiger partial charge in [-0.1, -0.05) is 0 Å². The minimum atomic E-state index is -0.300. The minimum Gasteiger partial charge on any atom is -0.467 e. The molecule has 1 rings (SSSR count). The molecule has 0 aromatic carbocycles. The maximum Gasteiger partial charge on any atom is 0.328 e. The Morgan fingerprint density at radius 1 is 1.62 bits per heavy atom. The summed E-state index contributed by atoms with van der Waals surface area (Å²) in [5.41, 5.74) is 1.94. The van der Waals surface area contributed by atoms with Crippen LogP contribution in [-0.2, 0) is 9.53 Å². The average Bonchev–Trinajstić information content (AvgIpc) is 2.45. The first-order valence-electron chi connectivity index (χ1n) is 4.15. The van der Waals surface area contributed by atoms with E-state index in [1.54, 1.807) is 17.8 Å². The van der Waals surface area contributed by atoms with Crippen LogP contribution < -0.4 is 0 Å². The highest BCUT2D eigenvalue weighted by molar-refractivity contribution is 5.73. The second-order valence-corrected chi connectivity index (χ2v) is 3.02. The van der Waals surface area contributed by atoms with E-state index in [4.69, 9.17) is 0 Å². The molecule has 0 saturated carbocycles. The fraction of sp³-hybridized carbons (Fsp3) is 0.556. The summed E-state index contributed by atoms with van der Waals surface area (Å²) >= 11 is 0. The normalized spacial score (nSPS) is 12.6. The first-order chi connectivity index (χ1) is 6.07. The van der Waals surface area contributed by atoms with Crippen LogP contribution in [0.2, 0.25) is 0 Å². The Kier molecular flexibility index (Phi) is 2.70. The second-order valence-electron chi connectivity index (χ2n) is 3.02. The third-order valence-electron chi connectivity index (χ3n) is 2.25. The van der Waals surface area contributed by atoms with Crippen LogP contribution in [0.1, 0.15) is 24.4 Å². The van der Waals surface area contributed by atoms with Gasteiger partial charge in [0.2, 0.25) is 0 Å². The van der Waals surface area contributed by atoms with E-state index in [9.17, 15) is 4.79 Å². The molecule has 13 heavy (non-hydrogen) atoms. The van der Waals surface area contributed by atoms with Crippen molar-refractivity contribution in [2.24, 2.45) is 0 Å². The van der Waals surface area contributed by atoms with E-state index in [2.05, 4.69) is 9.72 Å². The standard InChI is InChI=1S/C9H14N2O2/c1-6-7(2)11(5-10-6)8(3)9(12)13-4/h5,8H,1-4H3/t8-/m0/s1. The van der Waals surface area contributed by atoms with Crippen molar-refractivity contribution >= 4 is 5.97 Å². The van der Waals surface area contributed by atoms with Gasteiger partial charge in [-0.2, -0.15) is 0 Å². The van der Waals surface area contributed by atoms with Crippen LogP contribution >= 0.6 is 0 Å². The Hall–Kier alpha value is -1.32. The van der Waals surface area contributed by atoms with Gasteiger partial charge in [0.25, 0.3) is 0 Å². The molecule has 1 aromatic heterocycles. The SMILES string of the molecule is COC(=O)[C@H](C)n1cnc(C)c1C. The van der Waals surface area contributed by atoms with Crippen LogP contribution in [0.4, 0.5) is 0 Å². The van der Waals surface area contributed by atoms with Crippen molar-refractivity contribution in [2.45, 2.75) is 26.8 Å². The number of aromatic nitrogens is 2. The van der Waals surface area contributed by atoms with E-state index in [-0.39, 0.29) is 12.0 Å². The molecule has 1 atom stereocenters. The Bertz CT molecular complexity index is 317. The highest BCUT2D eigenvalue weighted by Gasteiger charge is 2.17. The van der Waals surface area contributed by atoms with Crippen LogP contribution in [0, 0.1) is 13.8 Å². The van der Waals surface area contributed by atoms with Gasteiger partial charge in [0, 0.05) is 5.69 Å². The zero-order chi connectivity index (χ0) is 10.0. The topological polar surface area (TPSA) is 44.1 Å². The second kappa shape index (κ2) is 3.60. The van der Waals surface area contributed by atoms with Gasteiger partial charge < -0.3 is 9.30 Å². The summed E-state index contributed by atoms with van der Waals surface area (Å²) in [6.07, 6.45) is 1.66. The van der Waals surface area contributed by atoms with Crippen molar-refractivity contribution in [2.75, 3.05) is 7.11 Å². The third-order valence-corrected chi connectivity index (χ3v) is 2.25. The van der Waals surface area contributed by atoms with Gasteiger partial charge in [0.05, 0.1) is 19.1 Å². The van der Waals surface area contributed by atoms with Crippen LogP contribution in [0.5, 0.6) is 0 Å². The summed E-state index contributed by atoms with van der Waals surface area (Å²) < 4.78 is 6.45. The number of rotatable bonds is 2. The molecule has 0 amide bonds. The Morgan fingerprint density at radius 2 is 2.23 bits per heavy atom. The van der Waals surface area contributed by atoms with Gasteiger partial charge in [-0.15, -0.1) is 0 Å². The molecule has 4 heteroatoms. The third kappa shape index (κ3) is 1.71. The first-order valence-corrected chi connectivity index (χ1v) is 4.15. The predicted molar refractivity (Wildman–Crippen MR) is 48.4 cm³/mol. The average molecular weight is 182 g/mol. The number of nitrogens with zero attached hydrogens (tertiary/aromatic N) is 2. The number of carbonyl (C=O) groups excluding carboxylic acids is 1. The number of esters is 1. The molecule has 1 aromatic rings. The number of hydrogen-bond donors (Lipinski definition) is 0. The van der Waals surface area contributed by atoms with Crippen LogP contribution in [0.3, 0.4) is 0 Å². The van der Waals surface area contributed by atoms with Crippen LogP contribution in [0.25, 0.3) is 0 Å². The van der Waals surface area contributed by atoms with Crippen molar-refractivity contribution in [3.8, 4) is 0 Å². The lowest BCUT2D eigenvalue weighted by atomic mass is 10.3. The number of aryl methyl sites for hydroxylation is 1. The quantitative estimate of drug-likeness (QED) is 0.646. The summed E-state index contributed by atoms with van der Waals surface area (Å²) in [7, 11) is 1.39. The van der Waals surface area contributed by atoms with E-state index in [0.29, 0.717) is 0 Å². The maximum absolute atomic E-state index is 11.2. The molecule has 0 radical (unpaired) electrons. The van der Waals surface area contributed by atoms with E-state index in [1.165, 1.54) is 7.11 Å². The molecular formula is C9H14N2O2. The summed E-state index contributed by atoms with van der Waals surface area (Å²) in [4.78, 5) is 15.3. The van der Waals surface area contributed by atoms with Crippen molar-refractivity contribution in [3.63, 3.8) is 0 Å². The molecule has 0 bridgehead atoms. The molecular weight excluding hydrogens is 168 g/mol. The Labute approximate surface area is 77.5 Å². The molecule has 0 spiro atoms. The minimum absolute atomic E-state index is 0.250. The number of imidazole rings is 1. The molecule has 0 aliphatic heterocycles. The van der Waals surface area contributed by atoms with E-state index in [0.717, 1.165) is 11.4 Å². The largest absolute Gasteiger partial charge is 0.467 e. The van der Waals surface area contributed by atoms with E-state index < -0.39 is 0 Å². The predicted octanol–water partition coefficient (Wildman–Crippen LogP) is 1.23. The molecule has 72 valence electrons. The van der Waals surface area contributed by atoms with Gasteiger partial charge >= 0.3 is 5.97 Å². The van der Waals surface area contributed by atoms with Gasteiger partial charge in [0.1, 0.15) is 6.04 Å². The summed E-state index contributed by atoms with van der Waals surface area (Å²) in [6.45, 7) is 5.64. The summed E-state index contributed by atoms with van der Waals surface area (Å²) in [5, 5.41) is 0. The smallest absolute Gasteiger partial charge is 0.328 e. The zero-order valence-electron chi connectivity index (χ0n) is 8.37. The van der Waals surface area contributed by atoms with Crippen molar-refractivity contribution in [1.29, 1.82) is 0 Å².